The Morgan fingerprint density at radius 3 is 1.34 bits per heavy atom. The first-order valence-electron chi connectivity index (χ1n) is 20.0. The van der Waals surface area contributed by atoms with Crippen molar-refractivity contribution in [2.24, 2.45) is 0 Å². The van der Waals surface area contributed by atoms with Crippen LogP contribution in [0, 0.1) is 0 Å². The molecule has 2 heterocycles. The summed E-state index contributed by atoms with van der Waals surface area (Å²) in [5.74, 6) is 1.87. The molecule has 10 aromatic carbocycles. The minimum Gasteiger partial charge on any atom is -0.309 e. The molecule has 0 saturated heterocycles. The Balaban J connectivity index is 1.04. The second kappa shape index (κ2) is 13.3. The minimum absolute atomic E-state index is 0.620. The molecule has 0 aliphatic rings. The third kappa shape index (κ3) is 5.27. The van der Waals surface area contributed by atoms with Crippen LogP contribution in [0.3, 0.4) is 0 Å². The third-order valence-electron chi connectivity index (χ3n) is 11.8. The van der Waals surface area contributed by atoms with Crippen molar-refractivity contribution in [2.75, 3.05) is 0 Å². The summed E-state index contributed by atoms with van der Waals surface area (Å²) >= 11 is 0. The van der Waals surface area contributed by atoms with Gasteiger partial charge >= 0.3 is 0 Å². The van der Waals surface area contributed by atoms with Gasteiger partial charge in [0.1, 0.15) is 0 Å². The Hall–Kier alpha value is -7.95. The second-order valence-corrected chi connectivity index (χ2v) is 15.1. The van der Waals surface area contributed by atoms with E-state index in [1.165, 1.54) is 59.4 Å². The first-order chi connectivity index (χ1) is 29.3. The number of hydrogen-bond acceptors (Lipinski definition) is 3. The van der Waals surface area contributed by atoms with Crippen molar-refractivity contribution in [3.05, 3.63) is 206 Å². The van der Waals surface area contributed by atoms with E-state index >= 15 is 0 Å². The van der Waals surface area contributed by atoms with Gasteiger partial charge < -0.3 is 4.57 Å². The lowest BCUT2D eigenvalue weighted by Crippen LogP contribution is -2.03. The minimum atomic E-state index is 0.620. The molecule has 274 valence electrons. The highest BCUT2D eigenvalue weighted by Gasteiger charge is 2.20. The zero-order valence-corrected chi connectivity index (χ0v) is 31.9. The van der Waals surface area contributed by atoms with Crippen LogP contribution < -0.4 is 0 Å². The van der Waals surface area contributed by atoms with Crippen molar-refractivity contribution in [2.45, 2.75) is 0 Å². The normalized spacial score (nSPS) is 11.7. The molecule has 0 aliphatic heterocycles. The second-order valence-electron chi connectivity index (χ2n) is 15.1. The van der Waals surface area contributed by atoms with Gasteiger partial charge in [0, 0.05) is 27.5 Å². The molecule has 0 fully saturated rings. The maximum Gasteiger partial charge on any atom is 0.166 e. The first-order valence-corrected chi connectivity index (χ1v) is 20.0. The molecule has 4 heteroatoms. The molecule has 0 saturated carbocycles. The van der Waals surface area contributed by atoms with E-state index in [2.05, 4.69) is 193 Å². The van der Waals surface area contributed by atoms with E-state index < -0.39 is 0 Å². The number of hydrogen-bond donors (Lipinski definition) is 0. The Kier molecular flexibility index (Phi) is 7.50. The summed E-state index contributed by atoms with van der Waals surface area (Å²) in [6, 6.07) is 73.3. The van der Waals surface area contributed by atoms with Crippen LogP contribution in [0.4, 0.5) is 0 Å². The van der Waals surface area contributed by atoms with E-state index in [4.69, 9.17) is 15.0 Å². The molecule has 0 N–H and O–H groups in total. The van der Waals surface area contributed by atoms with Gasteiger partial charge in [-0.15, -0.1) is 0 Å². The molecule has 12 rings (SSSR count). The molecule has 0 aliphatic carbocycles. The summed E-state index contributed by atoms with van der Waals surface area (Å²) in [6.07, 6.45) is 0. The highest BCUT2D eigenvalue weighted by atomic mass is 15.1. The van der Waals surface area contributed by atoms with Crippen molar-refractivity contribution in [3.63, 3.8) is 0 Å². The Labute approximate surface area is 340 Å². The molecule has 0 bridgehead atoms. The highest BCUT2D eigenvalue weighted by Crippen LogP contribution is 2.43. The van der Waals surface area contributed by atoms with E-state index in [0.717, 1.165) is 39.0 Å². The Morgan fingerprint density at radius 1 is 0.271 bits per heavy atom. The molecule has 0 atom stereocenters. The van der Waals surface area contributed by atoms with Crippen LogP contribution in [0.15, 0.2) is 206 Å². The predicted molar refractivity (Wildman–Crippen MR) is 246 cm³/mol. The monoisotopic (exact) mass is 750 g/mol. The average molecular weight is 751 g/mol. The van der Waals surface area contributed by atoms with E-state index in [9.17, 15) is 0 Å². The van der Waals surface area contributed by atoms with E-state index in [1.54, 1.807) is 0 Å². The van der Waals surface area contributed by atoms with Crippen molar-refractivity contribution in [3.8, 4) is 51.0 Å². The molecular formula is C55H34N4. The standard InChI is InChI=1S/C55H34N4/c1-2-16-36(17-3-1)53-56-54(58-55(57-53)46-26-12-15-29-51(46)59-49-27-13-10-22-42(49)43-23-11-14-28-50(43)59)37-32-30-35(31-33-37)47-34-48-40-20-5-4-18-38(40)39-19-6-8-24-44(39)52(48)45-25-9-7-21-41(45)47/h1-34H. The van der Waals surface area contributed by atoms with Gasteiger partial charge in [0.2, 0.25) is 0 Å². The summed E-state index contributed by atoms with van der Waals surface area (Å²) in [4.78, 5) is 15.5. The van der Waals surface area contributed by atoms with Crippen LogP contribution in [0.25, 0.3) is 116 Å². The van der Waals surface area contributed by atoms with Crippen LogP contribution in [-0.2, 0) is 0 Å². The molecule has 4 nitrogen and oxygen atoms in total. The van der Waals surface area contributed by atoms with E-state index in [0.29, 0.717) is 17.5 Å². The fourth-order valence-corrected chi connectivity index (χ4v) is 9.19. The third-order valence-corrected chi connectivity index (χ3v) is 11.8. The summed E-state index contributed by atoms with van der Waals surface area (Å²) in [5.41, 5.74) is 8.41. The SMILES string of the molecule is c1ccc(-c2nc(-c3ccc(-c4cc5c6ccccc6c6ccccc6c5c5ccccc45)cc3)nc(-c3ccccc3-n3c4ccccc4c4ccccc43)n2)cc1. The number of para-hydroxylation sites is 3. The maximum absolute atomic E-state index is 5.25. The van der Waals surface area contributed by atoms with Gasteiger partial charge in [0.05, 0.1) is 16.7 Å². The molecule has 0 unspecified atom stereocenters. The summed E-state index contributed by atoms with van der Waals surface area (Å²) < 4.78 is 2.33. The fraction of sp³-hybridized carbons (Fsp3) is 0. The molecule has 59 heavy (non-hydrogen) atoms. The zero-order chi connectivity index (χ0) is 38.9. The van der Waals surface area contributed by atoms with Crippen LogP contribution in [0.5, 0.6) is 0 Å². The van der Waals surface area contributed by atoms with Crippen LogP contribution in [-0.4, -0.2) is 19.5 Å². The fourth-order valence-electron chi connectivity index (χ4n) is 9.19. The topological polar surface area (TPSA) is 43.6 Å². The molecular weight excluding hydrogens is 717 g/mol. The molecule has 0 amide bonds. The first kappa shape index (κ1) is 33.2. The Bertz CT molecular complexity index is 3550. The molecule has 2 aromatic heterocycles. The summed E-state index contributed by atoms with van der Waals surface area (Å²) in [7, 11) is 0. The number of nitrogens with zero attached hydrogens (tertiary/aromatic N) is 4. The molecule has 0 spiro atoms. The van der Waals surface area contributed by atoms with Crippen LogP contribution >= 0.6 is 0 Å². The number of fused-ring (bicyclic) bond motifs is 11. The van der Waals surface area contributed by atoms with Gasteiger partial charge in [-0.05, 0) is 84.5 Å². The van der Waals surface area contributed by atoms with Gasteiger partial charge in [-0.3, -0.25) is 0 Å². The number of aromatic nitrogens is 4. The number of rotatable bonds is 5. The Morgan fingerprint density at radius 2 is 0.695 bits per heavy atom. The van der Waals surface area contributed by atoms with Gasteiger partial charge in [0.15, 0.2) is 17.5 Å². The van der Waals surface area contributed by atoms with Crippen molar-refractivity contribution >= 4 is 64.9 Å². The van der Waals surface area contributed by atoms with Gasteiger partial charge in [-0.25, -0.2) is 15.0 Å². The predicted octanol–water partition coefficient (Wildman–Crippen LogP) is 14.2. The average Bonchev–Trinajstić information content (AvgIpc) is 3.65. The van der Waals surface area contributed by atoms with E-state index in [1.807, 2.05) is 18.2 Å². The lowest BCUT2D eigenvalue weighted by molar-refractivity contribution is 1.06. The van der Waals surface area contributed by atoms with E-state index in [-0.39, 0.29) is 0 Å². The molecule has 12 aromatic rings. The number of benzene rings is 10. The van der Waals surface area contributed by atoms with Gasteiger partial charge in [-0.1, -0.05) is 176 Å². The van der Waals surface area contributed by atoms with Crippen molar-refractivity contribution in [1.29, 1.82) is 0 Å². The summed E-state index contributed by atoms with van der Waals surface area (Å²) in [5, 5.41) is 12.5. The lowest BCUT2D eigenvalue weighted by atomic mass is 9.87. The van der Waals surface area contributed by atoms with Crippen molar-refractivity contribution < 1.29 is 0 Å². The van der Waals surface area contributed by atoms with Crippen LogP contribution in [0.2, 0.25) is 0 Å². The molecule has 0 radical (unpaired) electrons. The van der Waals surface area contributed by atoms with Crippen molar-refractivity contribution in [1.82, 2.24) is 19.5 Å². The van der Waals surface area contributed by atoms with Gasteiger partial charge in [-0.2, -0.15) is 0 Å². The summed E-state index contributed by atoms with van der Waals surface area (Å²) in [6.45, 7) is 0. The lowest BCUT2D eigenvalue weighted by Gasteiger charge is -2.16. The van der Waals surface area contributed by atoms with Gasteiger partial charge in [0.25, 0.3) is 0 Å². The zero-order valence-electron chi connectivity index (χ0n) is 31.9. The maximum atomic E-state index is 5.25. The smallest absolute Gasteiger partial charge is 0.166 e. The van der Waals surface area contributed by atoms with Crippen LogP contribution in [0.1, 0.15) is 0 Å². The largest absolute Gasteiger partial charge is 0.309 e. The quantitative estimate of drug-likeness (QED) is 0.165. The highest BCUT2D eigenvalue weighted by molar-refractivity contribution is 6.33.